The Morgan fingerprint density at radius 1 is 1.19 bits per heavy atom. The minimum absolute atomic E-state index is 0.0817. The molecule has 0 unspecified atom stereocenters. The molecule has 1 aromatic carbocycles. The first-order valence-electron chi connectivity index (χ1n) is 5.67. The Balaban J connectivity index is 2.10. The molecule has 0 saturated carbocycles. The summed E-state index contributed by atoms with van der Waals surface area (Å²) in [5, 5.41) is 13.7. The van der Waals surface area contributed by atoms with E-state index in [4.69, 9.17) is 16.7 Å². The molecular weight excluding hydrogens is 301 g/mol. The molecule has 21 heavy (non-hydrogen) atoms. The van der Waals surface area contributed by atoms with Gasteiger partial charge in [0.1, 0.15) is 5.82 Å². The van der Waals surface area contributed by atoms with Crippen LogP contribution in [-0.2, 0) is 0 Å². The second kappa shape index (κ2) is 6.19. The molecular formula is C13H9ClFN3O3. The number of rotatable bonds is 3. The average Bonchev–Trinajstić information content (AvgIpc) is 2.43. The van der Waals surface area contributed by atoms with E-state index in [1.807, 2.05) is 0 Å². The van der Waals surface area contributed by atoms with Crippen LogP contribution in [-0.4, -0.2) is 22.1 Å². The number of nitrogens with zero attached hydrogens (tertiary/aromatic N) is 1. The van der Waals surface area contributed by atoms with Crippen LogP contribution in [0.4, 0.5) is 20.6 Å². The first-order chi connectivity index (χ1) is 9.95. The number of carboxylic acids is 1. The van der Waals surface area contributed by atoms with Gasteiger partial charge in [-0.3, -0.25) is 4.98 Å². The number of hydrogen-bond acceptors (Lipinski definition) is 3. The lowest BCUT2D eigenvalue weighted by Gasteiger charge is -2.08. The van der Waals surface area contributed by atoms with Gasteiger partial charge < -0.3 is 15.7 Å². The molecule has 0 bridgehead atoms. The molecule has 108 valence electrons. The third kappa shape index (κ3) is 3.90. The largest absolute Gasteiger partial charge is 0.478 e. The zero-order valence-corrected chi connectivity index (χ0v) is 11.2. The van der Waals surface area contributed by atoms with E-state index in [2.05, 4.69) is 15.6 Å². The Bertz CT molecular complexity index is 709. The van der Waals surface area contributed by atoms with Gasteiger partial charge >= 0.3 is 12.0 Å². The number of carboxylic acid groups (broad SMARTS) is 1. The number of aromatic carboxylic acids is 1. The Morgan fingerprint density at radius 2 is 1.95 bits per heavy atom. The van der Waals surface area contributed by atoms with Crippen molar-refractivity contribution >= 4 is 35.0 Å². The predicted molar refractivity (Wildman–Crippen MR) is 75.2 cm³/mol. The molecule has 0 aliphatic rings. The van der Waals surface area contributed by atoms with Crippen molar-refractivity contribution in [1.82, 2.24) is 4.98 Å². The third-order valence-electron chi connectivity index (χ3n) is 2.42. The molecule has 6 nitrogen and oxygen atoms in total. The molecule has 2 rings (SSSR count). The van der Waals surface area contributed by atoms with E-state index >= 15 is 0 Å². The van der Waals surface area contributed by atoms with Gasteiger partial charge in [-0.1, -0.05) is 11.6 Å². The van der Waals surface area contributed by atoms with Crippen LogP contribution in [0, 0.1) is 5.82 Å². The van der Waals surface area contributed by atoms with Gasteiger partial charge in [-0.25, -0.2) is 14.0 Å². The van der Waals surface area contributed by atoms with Crippen LogP contribution in [0.3, 0.4) is 0 Å². The molecule has 0 atom stereocenters. The quantitative estimate of drug-likeness (QED) is 0.812. The van der Waals surface area contributed by atoms with Crippen molar-refractivity contribution in [3.63, 3.8) is 0 Å². The molecule has 0 spiro atoms. The first-order valence-corrected chi connectivity index (χ1v) is 6.05. The van der Waals surface area contributed by atoms with Gasteiger partial charge in [0.25, 0.3) is 0 Å². The number of hydrogen-bond donors (Lipinski definition) is 3. The van der Waals surface area contributed by atoms with E-state index in [1.165, 1.54) is 24.4 Å². The van der Waals surface area contributed by atoms with Gasteiger partial charge in [0.05, 0.1) is 23.1 Å². The summed E-state index contributed by atoms with van der Waals surface area (Å²) < 4.78 is 13.4. The fraction of sp³-hybridized carbons (Fsp3) is 0. The monoisotopic (exact) mass is 309 g/mol. The van der Waals surface area contributed by atoms with Crippen molar-refractivity contribution in [2.24, 2.45) is 0 Å². The van der Waals surface area contributed by atoms with E-state index in [9.17, 15) is 14.0 Å². The second-order valence-corrected chi connectivity index (χ2v) is 4.41. The van der Waals surface area contributed by atoms with Crippen LogP contribution in [0.5, 0.6) is 0 Å². The molecule has 8 heteroatoms. The highest BCUT2D eigenvalue weighted by atomic mass is 35.5. The molecule has 0 radical (unpaired) electrons. The molecule has 0 aliphatic carbocycles. The number of urea groups is 1. The standard InChI is InChI=1S/C13H9ClFN3O3/c14-8-1-2-10(15)11(4-8)18-13(21)17-9-3-7(12(19)20)5-16-6-9/h1-6H,(H,19,20)(H2,17,18,21). The fourth-order valence-corrected chi connectivity index (χ4v) is 1.68. The highest BCUT2D eigenvalue weighted by molar-refractivity contribution is 6.30. The summed E-state index contributed by atoms with van der Waals surface area (Å²) in [6.45, 7) is 0. The number of amides is 2. The number of nitrogens with one attached hydrogen (secondary N) is 2. The van der Waals surface area contributed by atoms with E-state index in [1.54, 1.807) is 0 Å². The number of carbonyl (C=O) groups excluding carboxylic acids is 1. The lowest BCUT2D eigenvalue weighted by atomic mass is 10.2. The molecule has 2 aromatic rings. The molecule has 0 aliphatic heterocycles. The maximum atomic E-state index is 13.4. The Morgan fingerprint density at radius 3 is 2.67 bits per heavy atom. The van der Waals surface area contributed by atoms with Gasteiger partial charge in [-0.2, -0.15) is 0 Å². The molecule has 1 aromatic heterocycles. The lowest BCUT2D eigenvalue weighted by molar-refractivity contribution is 0.0696. The van der Waals surface area contributed by atoms with Gasteiger partial charge in [-0.15, -0.1) is 0 Å². The van der Waals surface area contributed by atoms with Gasteiger partial charge in [0.2, 0.25) is 0 Å². The van der Waals surface area contributed by atoms with Crippen LogP contribution in [0.25, 0.3) is 0 Å². The molecule has 0 saturated heterocycles. The predicted octanol–water partition coefficient (Wildman–Crippen LogP) is 3.22. The van der Waals surface area contributed by atoms with Gasteiger partial charge in [-0.05, 0) is 24.3 Å². The number of aromatic nitrogens is 1. The molecule has 1 heterocycles. The molecule has 3 N–H and O–H groups in total. The Labute approximate surface area is 123 Å². The summed E-state index contributed by atoms with van der Waals surface area (Å²) in [6, 6.07) is 4.19. The van der Waals surface area contributed by atoms with E-state index in [0.29, 0.717) is 0 Å². The zero-order chi connectivity index (χ0) is 15.4. The Kier molecular flexibility index (Phi) is 4.34. The SMILES string of the molecule is O=C(Nc1cncc(C(=O)O)c1)Nc1cc(Cl)ccc1F. The number of pyridine rings is 1. The van der Waals surface area contributed by atoms with Crippen molar-refractivity contribution in [3.8, 4) is 0 Å². The zero-order valence-electron chi connectivity index (χ0n) is 10.4. The summed E-state index contributed by atoms with van der Waals surface area (Å²) in [5.41, 5.74) is -0.0149. The normalized spacial score (nSPS) is 10.0. The number of halogens is 2. The highest BCUT2D eigenvalue weighted by Crippen LogP contribution is 2.19. The van der Waals surface area contributed by atoms with Gasteiger partial charge in [0.15, 0.2) is 0 Å². The van der Waals surface area contributed by atoms with Crippen LogP contribution in [0.15, 0.2) is 36.7 Å². The molecule has 2 amide bonds. The van der Waals surface area contributed by atoms with Crippen molar-refractivity contribution in [3.05, 3.63) is 53.1 Å². The van der Waals surface area contributed by atoms with Crippen LogP contribution in [0.2, 0.25) is 5.02 Å². The average molecular weight is 310 g/mol. The molecule has 0 fully saturated rings. The van der Waals surface area contributed by atoms with Crippen molar-refractivity contribution < 1.29 is 19.1 Å². The number of benzene rings is 1. The fourth-order valence-electron chi connectivity index (χ4n) is 1.50. The van der Waals surface area contributed by atoms with Crippen LogP contribution in [0.1, 0.15) is 10.4 Å². The highest BCUT2D eigenvalue weighted by Gasteiger charge is 2.09. The summed E-state index contributed by atoms with van der Waals surface area (Å²) >= 11 is 5.70. The number of anilines is 2. The Hall–Kier alpha value is -2.67. The van der Waals surface area contributed by atoms with Crippen molar-refractivity contribution in [2.75, 3.05) is 10.6 Å². The second-order valence-electron chi connectivity index (χ2n) is 3.97. The van der Waals surface area contributed by atoms with Crippen LogP contribution < -0.4 is 10.6 Å². The van der Waals surface area contributed by atoms with Gasteiger partial charge in [0, 0.05) is 11.2 Å². The summed E-state index contributed by atoms with van der Waals surface area (Å²) in [4.78, 5) is 26.2. The minimum atomic E-state index is -1.17. The summed E-state index contributed by atoms with van der Waals surface area (Å²) in [6.07, 6.45) is 2.41. The van der Waals surface area contributed by atoms with Crippen molar-refractivity contribution in [2.45, 2.75) is 0 Å². The minimum Gasteiger partial charge on any atom is -0.478 e. The topological polar surface area (TPSA) is 91.3 Å². The smallest absolute Gasteiger partial charge is 0.337 e. The maximum Gasteiger partial charge on any atom is 0.337 e. The first kappa shape index (κ1) is 14.7. The maximum absolute atomic E-state index is 13.4. The van der Waals surface area contributed by atoms with E-state index in [-0.39, 0.29) is 22.0 Å². The summed E-state index contributed by atoms with van der Waals surface area (Å²) in [7, 11) is 0. The van der Waals surface area contributed by atoms with Crippen molar-refractivity contribution in [1.29, 1.82) is 0 Å². The van der Waals surface area contributed by atoms with E-state index < -0.39 is 17.8 Å². The van der Waals surface area contributed by atoms with Crippen LogP contribution >= 0.6 is 11.6 Å². The number of carbonyl (C=O) groups is 2. The lowest BCUT2D eigenvalue weighted by Crippen LogP contribution is -2.20. The summed E-state index contributed by atoms with van der Waals surface area (Å²) in [5.74, 6) is -1.82. The van der Waals surface area contributed by atoms with E-state index in [0.717, 1.165) is 12.3 Å². The third-order valence-corrected chi connectivity index (χ3v) is 2.65.